The number of carbonyl (C=O) groups excluding carboxylic acids is 1. The average molecular weight is 216 g/mol. The Balaban J connectivity index is 3.90. The number of ether oxygens (including phenoxy) is 1. The van der Waals surface area contributed by atoms with Gasteiger partial charge in [0.1, 0.15) is 0 Å². The van der Waals surface area contributed by atoms with Crippen LogP contribution < -0.4 is 0 Å². The van der Waals surface area contributed by atoms with Crippen LogP contribution >= 0.6 is 0 Å². The van der Waals surface area contributed by atoms with Crippen molar-refractivity contribution in [2.24, 2.45) is 5.92 Å². The first-order chi connectivity index (χ1) is 7.11. The quantitative estimate of drug-likeness (QED) is 0.499. The van der Waals surface area contributed by atoms with Crippen LogP contribution in [0.4, 0.5) is 0 Å². The summed E-state index contributed by atoms with van der Waals surface area (Å²) in [6, 6.07) is 0. The normalized spacial score (nSPS) is 12.1. The van der Waals surface area contributed by atoms with Gasteiger partial charge in [-0.25, -0.2) is 0 Å². The Hall–Kier alpha value is -1.06. The van der Waals surface area contributed by atoms with Crippen molar-refractivity contribution < 1.29 is 19.4 Å². The first-order valence-corrected chi connectivity index (χ1v) is 5.41. The van der Waals surface area contributed by atoms with Crippen LogP contribution in [0.25, 0.3) is 0 Å². The van der Waals surface area contributed by atoms with Crippen LogP contribution in [0.2, 0.25) is 0 Å². The second-order valence-corrected chi connectivity index (χ2v) is 3.67. The molecular formula is C11H20O4. The molecule has 0 saturated carbocycles. The first-order valence-electron chi connectivity index (χ1n) is 5.41. The lowest BCUT2D eigenvalue weighted by Gasteiger charge is -2.11. The molecule has 0 bridgehead atoms. The van der Waals surface area contributed by atoms with E-state index in [1.54, 1.807) is 0 Å². The highest BCUT2D eigenvalue weighted by atomic mass is 16.5. The summed E-state index contributed by atoms with van der Waals surface area (Å²) in [4.78, 5) is 21.7. The molecule has 15 heavy (non-hydrogen) atoms. The summed E-state index contributed by atoms with van der Waals surface area (Å²) in [5.74, 6) is -1.83. The van der Waals surface area contributed by atoms with Gasteiger partial charge < -0.3 is 9.84 Å². The number of carbonyl (C=O) groups is 2. The Morgan fingerprint density at radius 2 is 1.93 bits per heavy atom. The van der Waals surface area contributed by atoms with E-state index in [0.717, 1.165) is 25.7 Å². The first kappa shape index (κ1) is 13.9. The van der Waals surface area contributed by atoms with Crippen LogP contribution in [0.1, 0.15) is 45.4 Å². The molecule has 0 fully saturated rings. The summed E-state index contributed by atoms with van der Waals surface area (Å²) in [6.45, 7) is 2.11. The molecule has 0 saturated heterocycles. The van der Waals surface area contributed by atoms with Gasteiger partial charge in [0, 0.05) is 0 Å². The zero-order valence-electron chi connectivity index (χ0n) is 9.49. The Bertz CT molecular complexity index is 201. The number of unbranched alkanes of at least 4 members (excludes halogenated alkanes) is 3. The minimum Gasteiger partial charge on any atom is -0.481 e. The second-order valence-electron chi connectivity index (χ2n) is 3.67. The molecule has 0 aliphatic heterocycles. The Kier molecular flexibility index (Phi) is 7.68. The van der Waals surface area contributed by atoms with Gasteiger partial charge in [-0.05, 0) is 6.42 Å². The summed E-state index contributed by atoms with van der Waals surface area (Å²) in [5, 5.41) is 8.62. The zero-order valence-corrected chi connectivity index (χ0v) is 9.49. The molecule has 0 aliphatic carbocycles. The van der Waals surface area contributed by atoms with Crippen molar-refractivity contribution in [3.8, 4) is 0 Å². The van der Waals surface area contributed by atoms with E-state index in [9.17, 15) is 9.59 Å². The van der Waals surface area contributed by atoms with Gasteiger partial charge in [0.25, 0.3) is 0 Å². The maximum absolute atomic E-state index is 11.2. The van der Waals surface area contributed by atoms with Crippen LogP contribution in [0, 0.1) is 5.92 Å². The molecule has 1 unspecified atom stereocenters. The van der Waals surface area contributed by atoms with E-state index in [-0.39, 0.29) is 6.42 Å². The third-order valence-corrected chi connectivity index (χ3v) is 2.36. The van der Waals surface area contributed by atoms with Crippen LogP contribution in [0.3, 0.4) is 0 Å². The highest BCUT2D eigenvalue weighted by Gasteiger charge is 2.21. The minimum atomic E-state index is -0.944. The highest BCUT2D eigenvalue weighted by Crippen LogP contribution is 2.16. The number of methoxy groups -OCH3 is 1. The van der Waals surface area contributed by atoms with Gasteiger partial charge in [-0.2, -0.15) is 0 Å². The van der Waals surface area contributed by atoms with Crippen molar-refractivity contribution in [2.45, 2.75) is 45.4 Å². The van der Waals surface area contributed by atoms with Crippen molar-refractivity contribution in [2.75, 3.05) is 7.11 Å². The van der Waals surface area contributed by atoms with Crippen molar-refractivity contribution >= 4 is 11.9 Å². The van der Waals surface area contributed by atoms with Crippen molar-refractivity contribution in [1.82, 2.24) is 0 Å². The van der Waals surface area contributed by atoms with Gasteiger partial charge in [0.15, 0.2) is 0 Å². The van der Waals surface area contributed by atoms with E-state index < -0.39 is 17.9 Å². The van der Waals surface area contributed by atoms with Gasteiger partial charge >= 0.3 is 11.9 Å². The molecule has 1 N–H and O–H groups in total. The van der Waals surface area contributed by atoms with Gasteiger partial charge in [-0.1, -0.05) is 32.6 Å². The van der Waals surface area contributed by atoms with E-state index >= 15 is 0 Å². The molecule has 1 atom stereocenters. The molecule has 88 valence electrons. The van der Waals surface area contributed by atoms with Crippen LogP contribution in [0.5, 0.6) is 0 Å². The molecule has 0 aromatic rings. The van der Waals surface area contributed by atoms with E-state index in [4.69, 9.17) is 5.11 Å². The Labute approximate surface area is 90.6 Å². The van der Waals surface area contributed by atoms with E-state index in [0.29, 0.717) is 6.42 Å². The third kappa shape index (κ3) is 6.94. The van der Waals surface area contributed by atoms with E-state index in [1.165, 1.54) is 7.11 Å². The predicted molar refractivity (Wildman–Crippen MR) is 56.5 cm³/mol. The topological polar surface area (TPSA) is 63.6 Å². The van der Waals surface area contributed by atoms with Crippen molar-refractivity contribution in [3.05, 3.63) is 0 Å². The molecule has 0 amide bonds. The molecule has 0 spiro atoms. The zero-order chi connectivity index (χ0) is 11.7. The summed E-state index contributed by atoms with van der Waals surface area (Å²) in [5.41, 5.74) is 0. The number of aliphatic carboxylic acids is 1. The summed E-state index contributed by atoms with van der Waals surface area (Å²) in [6.07, 6.45) is 4.67. The lowest BCUT2D eigenvalue weighted by Crippen LogP contribution is -2.19. The van der Waals surface area contributed by atoms with Crippen LogP contribution in [-0.2, 0) is 14.3 Å². The molecule has 0 radical (unpaired) electrons. The van der Waals surface area contributed by atoms with Crippen molar-refractivity contribution in [3.63, 3.8) is 0 Å². The Morgan fingerprint density at radius 3 is 2.40 bits per heavy atom. The fourth-order valence-corrected chi connectivity index (χ4v) is 1.50. The van der Waals surface area contributed by atoms with Gasteiger partial charge in [0.05, 0.1) is 19.4 Å². The lowest BCUT2D eigenvalue weighted by molar-refractivity contribution is -0.151. The molecule has 4 heteroatoms. The highest BCUT2D eigenvalue weighted by molar-refractivity contribution is 5.78. The molecule has 0 aromatic carbocycles. The maximum atomic E-state index is 11.2. The summed E-state index contributed by atoms with van der Waals surface area (Å²) >= 11 is 0. The maximum Gasteiger partial charge on any atom is 0.309 e. The van der Waals surface area contributed by atoms with Gasteiger partial charge in [-0.15, -0.1) is 0 Å². The minimum absolute atomic E-state index is 0.126. The summed E-state index contributed by atoms with van der Waals surface area (Å²) < 4.78 is 4.57. The molecular weight excluding hydrogens is 196 g/mol. The number of rotatable bonds is 8. The van der Waals surface area contributed by atoms with E-state index in [2.05, 4.69) is 11.7 Å². The molecule has 0 heterocycles. The van der Waals surface area contributed by atoms with Crippen molar-refractivity contribution in [1.29, 1.82) is 0 Å². The fraction of sp³-hybridized carbons (Fsp3) is 0.818. The second kappa shape index (κ2) is 8.26. The summed E-state index contributed by atoms with van der Waals surface area (Å²) in [7, 11) is 1.29. The largest absolute Gasteiger partial charge is 0.481 e. The van der Waals surface area contributed by atoms with Crippen LogP contribution in [-0.4, -0.2) is 24.2 Å². The standard InChI is InChI=1S/C11H20O4/c1-3-4-5-6-7-9(8-10(12)13)11(14)15-2/h9H,3-8H2,1-2H3,(H,12,13). The molecule has 0 aliphatic rings. The number of hydrogen-bond donors (Lipinski definition) is 1. The van der Waals surface area contributed by atoms with Gasteiger partial charge in [-0.3, -0.25) is 9.59 Å². The molecule has 0 aromatic heterocycles. The van der Waals surface area contributed by atoms with Crippen LogP contribution in [0.15, 0.2) is 0 Å². The molecule has 0 rings (SSSR count). The average Bonchev–Trinajstić information content (AvgIpc) is 2.21. The molecule has 4 nitrogen and oxygen atoms in total. The lowest BCUT2D eigenvalue weighted by atomic mass is 9.97. The predicted octanol–water partition coefficient (Wildman–Crippen LogP) is 2.22. The smallest absolute Gasteiger partial charge is 0.309 e. The number of esters is 1. The third-order valence-electron chi connectivity index (χ3n) is 2.36. The van der Waals surface area contributed by atoms with E-state index in [1.807, 2.05) is 0 Å². The number of carboxylic acids is 1. The SMILES string of the molecule is CCCCCCC(CC(=O)O)C(=O)OC. The van der Waals surface area contributed by atoms with Gasteiger partial charge in [0.2, 0.25) is 0 Å². The fourth-order valence-electron chi connectivity index (χ4n) is 1.50. The Morgan fingerprint density at radius 1 is 1.27 bits per heavy atom. The number of hydrogen-bond acceptors (Lipinski definition) is 3. The number of carboxylic acid groups (broad SMARTS) is 1. The monoisotopic (exact) mass is 216 g/mol.